The molecule has 1 aliphatic carbocycles. The minimum atomic E-state index is -4.18. The normalized spacial score (nSPS) is 28.6. The van der Waals surface area contributed by atoms with Crippen molar-refractivity contribution in [2.45, 2.75) is 93.6 Å². The van der Waals surface area contributed by atoms with Gasteiger partial charge in [0.1, 0.15) is 53.0 Å². The van der Waals surface area contributed by atoms with E-state index in [2.05, 4.69) is 20.3 Å². The van der Waals surface area contributed by atoms with Gasteiger partial charge in [-0.1, -0.05) is 6.07 Å². The van der Waals surface area contributed by atoms with Crippen molar-refractivity contribution in [1.82, 2.24) is 30.1 Å². The third-order valence-electron chi connectivity index (χ3n) is 14.0. The molecule has 1 saturated carbocycles. The predicted molar refractivity (Wildman–Crippen MR) is 211 cm³/mol. The number of likely N-dealkylation sites (tertiary alicyclic amines) is 1. The number of carbonyl (C=O) groups is 2. The first-order chi connectivity index (χ1) is 29.9. The van der Waals surface area contributed by atoms with Crippen molar-refractivity contribution in [3.63, 3.8) is 0 Å². The number of aryl methyl sites for hydroxylation is 1. The van der Waals surface area contributed by atoms with Crippen molar-refractivity contribution in [2.24, 2.45) is 5.41 Å². The van der Waals surface area contributed by atoms with E-state index in [1.54, 1.807) is 6.92 Å². The second-order valence-electron chi connectivity index (χ2n) is 18.2. The molecule has 1 spiro atoms. The van der Waals surface area contributed by atoms with Gasteiger partial charge in [-0.2, -0.15) is 27.5 Å². The summed E-state index contributed by atoms with van der Waals surface area (Å²) in [6.45, 7) is 1.32. The molecule has 5 fully saturated rings. The first-order valence-corrected chi connectivity index (χ1v) is 21.1. The molecule has 12 nitrogen and oxygen atoms in total. The number of nitrogens with zero attached hydrogens (tertiary/aromatic N) is 6. The fraction of sp³-hybridized carbons (Fsp3) is 0.558. The first-order valence-electron chi connectivity index (χ1n) is 21.1. The Hall–Kier alpha value is -5.27. The highest BCUT2D eigenvalue weighted by Crippen LogP contribution is 2.76. The summed E-state index contributed by atoms with van der Waals surface area (Å²) in [7, 11) is 0. The maximum absolute atomic E-state index is 17.6. The zero-order valence-corrected chi connectivity index (χ0v) is 34.1. The van der Waals surface area contributed by atoms with Gasteiger partial charge in [-0.15, -0.1) is 0 Å². The number of amides is 2. The molecule has 1 N–H and O–H groups in total. The molecule has 63 heavy (non-hydrogen) atoms. The number of carbonyl (C=O) groups excluding carboxylic acids is 2. The molecule has 4 saturated heterocycles. The van der Waals surface area contributed by atoms with E-state index in [9.17, 15) is 31.5 Å². The van der Waals surface area contributed by atoms with Crippen LogP contribution in [0.2, 0.25) is 0 Å². The summed E-state index contributed by atoms with van der Waals surface area (Å²) in [5.74, 6) is -10.2. The van der Waals surface area contributed by atoms with Gasteiger partial charge in [0.15, 0.2) is 5.82 Å². The average Bonchev–Trinajstić information content (AvgIpc) is 3.58. The smallest absolute Gasteiger partial charge is 0.415 e. The lowest BCUT2D eigenvalue weighted by atomic mass is 9.90. The van der Waals surface area contributed by atoms with Gasteiger partial charge >= 0.3 is 30.0 Å². The van der Waals surface area contributed by atoms with Crippen LogP contribution in [-0.2, 0) is 11.2 Å². The number of anilines is 1. The van der Waals surface area contributed by atoms with Crippen molar-refractivity contribution in [2.75, 3.05) is 57.4 Å². The standard InChI is InChI=1S/C43H43F8N7O5/c1-39-16-24(44)19-57(21-39)35-29-18-52-33(32(47)34(29)53-36(54-35)62-22-40-7-3-10-58(40)20-25(45)17-40)28-15-26(63-38(60)56-11-8-41(9-12-56)42(48,49)43(41,50)51)14-23-5-6-30(46)27(31(23)28)4-2-13-61-37(59)55-39/h5-6,14-15,18,24-25H,2-4,7-13,16-17,19-22H2,1H3,(H,55,59)/t24-,25-,39-,40+/m1/s1. The Bertz CT molecular complexity index is 2530. The number of halogens is 8. The number of pyridine rings is 1. The van der Waals surface area contributed by atoms with Crippen LogP contribution in [0.15, 0.2) is 30.5 Å². The summed E-state index contributed by atoms with van der Waals surface area (Å²) in [4.78, 5) is 44.9. The lowest BCUT2D eigenvalue weighted by Crippen LogP contribution is -2.60. The molecule has 6 aliphatic heterocycles. The molecule has 20 heteroatoms. The molecule has 4 aromatic rings. The van der Waals surface area contributed by atoms with Crippen molar-refractivity contribution in [1.29, 1.82) is 0 Å². The Morgan fingerprint density at radius 1 is 0.968 bits per heavy atom. The maximum Gasteiger partial charge on any atom is 0.415 e. The molecule has 2 amide bonds. The number of nitrogens with one attached hydrogen (secondary N) is 1. The van der Waals surface area contributed by atoms with Gasteiger partial charge in [0, 0.05) is 50.8 Å². The van der Waals surface area contributed by atoms with Gasteiger partial charge in [0.25, 0.3) is 0 Å². The van der Waals surface area contributed by atoms with Crippen LogP contribution in [0.3, 0.4) is 0 Å². The molecule has 2 aromatic carbocycles. The summed E-state index contributed by atoms with van der Waals surface area (Å²) >= 11 is 0. The lowest BCUT2D eigenvalue weighted by Gasteiger charge is -2.42. The van der Waals surface area contributed by atoms with Gasteiger partial charge in [-0.05, 0) is 86.5 Å². The van der Waals surface area contributed by atoms with Crippen molar-refractivity contribution in [3.8, 4) is 23.0 Å². The number of aromatic nitrogens is 3. The summed E-state index contributed by atoms with van der Waals surface area (Å²) in [6.07, 6.45) is -2.73. The van der Waals surface area contributed by atoms with E-state index in [-0.39, 0.29) is 115 Å². The topological polar surface area (TPSA) is 122 Å². The largest absolute Gasteiger partial charge is 0.461 e. The Kier molecular flexibility index (Phi) is 9.69. The van der Waals surface area contributed by atoms with Crippen LogP contribution in [0.5, 0.6) is 11.8 Å². The highest BCUT2D eigenvalue weighted by molar-refractivity contribution is 6.02. The van der Waals surface area contributed by atoms with Crippen LogP contribution in [0.4, 0.5) is 50.5 Å². The average molecular weight is 890 g/mol. The minimum Gasteiger partial charge on any atom is -0.461 e. The monoisotopic (exact) mass is 889 g/mol. The van der Waals surface area contributed by atoms with Gasteiger partial charge in [0.2, 0.25) is 0 Å². The van der Waals surface area contributed by atoms with Crippen LogP contribution < -0.4 is 19.7 Å². The maximum atomic E-state index is 17.6. The van der Waals surface area contributed by atoms with E-state index in [1.165, 1.54) is 35.4 Å². The molecule has 4 atom stereocenters. The van der Waals surface area contributed by atoms with Crippen molar-refractivity contribution in [3.05, 3.63) is 47.7 Å². The number of alkyl halides is 6. The fourth-order valence-electron chi connectivity index (χ4n) is 10.8. The van der Waals surface area contributed by atoms with Crippen LogP contribution in [0, 0.1) is 17.0 Å². The number of piperidine rings is 2. The molecule has 7 aliphatic rings. The third kappa shape index (κ3) is 6.66. The second kappa shape index (κ2) is 14.6. The predicted octanol–water partition coefficient (Wildman–Crippen LogP) is 7.92. The zero-order valence-electron chi connectivity index (χ0n) is 34.1. The Labute approximate surface area is 355 Å². The summed E-state index contributed by atoms with van der Waals surface area (Å²) in [6, 6.07) is 4.92. The SMILES string of the molecule is C[C@@]12C[C@@H](F)CN(C1)c1nc(OC[C@@]34CCCN3C[C@H](F)C4)nc3c(F)c(ncc13)-c1cc(OC(=O)N3CCC4(CC3)C(F)(F)C4(F)F)cc3ccc(F)c(c13)CCCOC(=O)N2. The molecule has 11 rings (SSSR count). The van der Waals surface area contributed by atoms with Crippen molar-refractivity contribution >= 4 is 39.7 Å². The lowest BCUT2D eigenvalue weighted by molar-refractivity contribution is -0.0278. The number of hydrogen-bond acceptors (Lipinski definition) is 10. The quantitative estimate of drug-likeness (QED) is 0.202. The zero-order chi connectivity index (χ0) is 44.3. The number of benzene rings is 2. The Morgan fingerprint density at radius 2 is 1.73 bits per heavy atom. The first kappa shape index (κ1) is 41.7. The summed E-state index contributed by atoms with van der Waals surface area (Å²) < 4.78 is 138. The molecular formula is C43H43F8N7O5. The van der Waals surface area contributed by atoms with E-state index in [0.717, 1.165) is 11.3 Å². The van der Waals surface area contributed by atoms with E-state index in [0.29, 0.717) is 13.0 Å². The number of ether oxygens (including phenoxy) is 3. The molecule has 0 radical (unpaired) electrons. The van der Waals surface area contributed by atoms with Crippen LogP contribution in [0.1, 0.15) is 57.4 Å². The number of fused-ring (bicyclic) bond motifs is 7. The fourth-order valence-corrected chi connectivity index (χ4v) is 10.8. The van der Waals surface area contributed by atoms with Gasteiger partial charge in [-0.25, -0.2) is 27.2 Å². The summed E-state index contributed by atoms with van der Waals surface area (Å²) in [5.41, 5.74) is -4.97. The van der Waals surface area contributed by atoms with Gasteiger partial charge in [-0.3, -0.25) is 9.88 Å². The summed E-state index contributed by atoms with van der Waals surface area (Å²) in [5, 5.41) is 3.26. The molecular weight excluding hydrogens is 847 g/mol. The Morgan fingerprint density at radius 3 is 2.49 bits per heavy atom. The number of rotatable bonds is 4. The number of alkyl carbamates (subject to hydrolysis) is 1. The molecule has 336 valence electrons. The molecule has 8 heterocycles. The Balaban J connectivity index is 1.08. The van der Waals surface area contributed by atoms with E-state index >= 15 is 13.2 Å². The van der Waals surface area contributed by atoms with Crippen LogP contribution >= 0.6 is 0 Å². The minimum absolute atomic E-state index is 0.00619. The van der Waals surface area contributed by atoms with Gasteiger partial charge in [0.05, 0.1) is 29.6 Å². The third-order valence-corrected chi connectivity index (χ3v) is 14.0. The molecule has 6 bridgehead atoms. The highest BCUT2D eigenvalue weighted by Gasteiger charge is 2.95. The molecule has 0 unspecified atom stereocenters. The highest BCUT2D eigenvalue weighted by atomic mass is 19.3. The van der Waals surface area contributed by atoms with Crippen LogP contribution in [0.25, 0.3) is 32.9 Å². The van der Waals surface area contributed by atoms with E-state index < -0.39 is 90.4 Å². The van der Waals surface area contributed by atoms with Crippen LogP contribution in [-0.4, -0.2) is 125 Å². The van der Waals surface area contributed by atoms with Gasteiger partial charge < -0.3 is 29.3 Å². The van der Waals surface area contributed by atoms with E-state index in [4.69, 9.17) is 14.2 Å². The number of hydrogen-bond donors (Lipinski definition) is 1. The second-order valence-corrected chi connectivity index (χ2v) is 18.2. The van der Waals surface area contributed by atoms with E-state index in [1.807, 2.05) is 4.90 Å². The van der Waals surface area contributed by atoms with Crippen molar-refractivity contribution < 1.29 is 58.9 Å². The molecule has 2 aromatic heterocycles.